The van der Waals surface area contributed by atoms with Gasteiger partial charge in [0.1, 0.15) is 5.75 Å². The lowest BCUT2D eigenvalue weighted by molar-refractivity contribution is -0.274. The highest BCUT2D eigenvalue weighted by molar-refractivity contribution is 6.22. The van der Waals surface area contributed by atoms with Gasteiger partial charge in [-0.3, -0.25) is 4.79 Å². The van der Waals surface area contributed by atoms with E-state index in [4.69, 9.17) is 23.2 Å². The van der Waals surface area contributed by atoms with Gasteiger partial charge in [-0.15, -0.1) is 36.4 Å². The number of benzene rings is 1. The largest absolute Gasteiger partial charge is 0.573 e. The van der Waals surface area contributed by atoms with Crippen LogP contribution in [-0.4, -0.2) is 29.6 Å². The number of rotatable bonds is 5. The number of alkyl halides is 5. The van der Waals surface area contributed by atoms with Crippen LogP contribution < -0.4 is 10.1 Å². The fraction of sp³-hybridized carbons (Fsp3) is 0.417. The second kappa shape index (κ2) is 6.54. The van der Waals surface area contributed by atoms with Crippen molar-refractivity contribution in [2.24, 2.45) is 0 Å². The summed E-state index contributed by atoms with van der Waals surface area (Å²) in [5.74, 6) is -0.659. The number of nitrogens with one attached hydrogen (secondary N) is 1. The van der Waals surface area contributed by atoms with Gasteiger partial charge in [-0.05, 0) is 31.2 Å². The summed E-state index contributed by atoms with van der Waals surface area (Å²) in [6.07, 6.45) is -4.76. The summed E-state index contributed by atoms with van der Waals surface area (Å²) < 4.78 is 39.7. The Morgan fingerprint density at radius 1 is 1.20 bits per heavy atom. The number of halogens is 5. The number of carbonyl (C=O) groups excluding carboxylic acids is 1. The summed E-state index contributed by atoms with van der Waals surface area (Å²) in [5, 5.41) is 2.61. The first-order valence-corrected chi connectivity index (χ1v) is 6.56. The van der Waals surface area contributed by atoms with E-state index < -0.39 is 23.6 Å². The van der Waals surface area contributed by atoms with Crippen molar-refractivity contribution in [3.63, 3.8) is 0 Å². The van der Waals surface area contributed by atoms with Gasteiger partial charge in [-0.1, -0.05) is 0 Å². The summed E-state index contributed by atoms with van der Waals surface area (Å²) in [4.78, 5) is 11.9. The van der Waals surface area contributed by atoms with Gasteiger partial charge in [-0.25, -0.2) is 0 Å². The predicted molar refractivity (Wildman–Crippen MR) is 70.4 cm³/mol. The van der Waals surface area contributed by atoms with Gasteiger partial charge in [0.2, 0.25) is 0 Å². The van der Waals surface area contributed by atoms with Crippen LogP contribution in [0, 0.1) is 0 Å². The van der Waals surface area contributed by atoms with Crippen molar-refractivity contribution in [1.29, 1.82) is 0 Å². The smallest absolute Gasteiger partial charge is 0.406 e. The van der Waals surface area contributed by atoms with E-state index in [1.165, 1.54) is 12.1 Å². The van der Waals surface area contributed by atoms with E-state index in [1.54, 1.807) is 6.92 Å². The van der Waals surface area contributed by atoms with E-state index >= 15 is 0 Å². The third kappa shape index (κ3) is 5.09. The first-order chi connectivity index (χ1) is 9.19. The van der Waals surface area contributed by atoms with Crippen LogP contribution in [-0.2, 0) is 0 Å². The Kier molecular flexibility index (Phi) is 5.53. The van der Waals surface area contributed by atoms with E-state index in [-0.39, 0.29) is 17.3 Å². The van der Waals surface area contributed by atoms with Crippen LogP contribution in [0.5, 0.6) is 5.75 Å². The molecule has 0 atom stereocenters. The molecule has 0 saturated heterocycles. The maximum atomic E-state index is 12.0. The molecule has 20 heavy (non-hydrogen) atoms. The molecule has 0 unspecified atom stereocenters. The quantitative estimate of drug-likeness (QED) is 0.839. The molecule has 3 nitrogen and oxygen atoms in total. The highest BCUT2D eigenvalue weighted by Crippen LogP contribution is 2.23. The molecule has 0 aromatic heterocycles. The molecule has 1 rings (SSSR count). The zero-order valence-electron chi connectivity index (χ0n) is 10.4. The maximum Gasteiger partial charge on any atom is 0.573 e. The van der Waals surface area contributed by atoms with E-state index in [2.05, 4.69) is 10.1 Å². The van der Waals surface area contributed by atoms with E-state index in [1.807, 2.05) is 0 Å². The predicted octanol–water partition coefficient (Wildman–Crippen LogP) is 3.55. The van der Waals surface area contributed by atoms with Crippen molar-refractivity contribution in [1.82, 2.24) is 5.32 Å². The minimum absolute atomic E-state index is 0.109. The number of amides is 1. The lowest BCUT2D eigenvalue weighted by Gasteiger charge is -2.25. The second-order valence-corrected chi connectivity index (χ2v) is 4.89. The first kappa shape index (κ1) is 16.9. The van der Waals surface area contributed by atoms with Crippen molar-refractivity contribution in [2.45, 2.75) is 18.8 Å². The third-order valence-corrected chi connectivity index (χ3v) is 3.54. The Balaban J connectivity index is 2.76. The Hall–Kier alpha value is -1.14. The summed E-state index contributed by atoms with van der Waals surface area (Å²) in [7, 11) is 0. The van der Waals surface area contributed by atoms with Gasteiger partial charge in [-0.2, -0.15) is 0 Å². The molecule has 0 aliphatic carbocycles. The van der Waals surface area contributed by atoms with Crippen LogP contribution in [0.3, 0.4) is 0 Å². The minimum atomic E-state index is -4.76. The third-order valence-electron chi connectivity index (χ3n) is 2.36. The lowest BCUT2D eigenvalue weighted by Crippen LogP contribution is -2.49. The molecule has 0 bridgehead atoms. The van der Waals surface area contributed by atoms with Gasteiger partial charge in [0.05, 0.1) is 5.54 Å². The standard InChI is InChI=1S/C12H12Cl2F3NO2/c1-11(6-13,7-14)18-10(19)8-2-4-9(5-3-8)20-12(15,16)17/h2-5H,6-7H2,1H3,(H,18,19). The zero-order chi connectivity index (χ0) is 15.4. The van der Waals surface area contributed by atoms with Crippen LogP contribution in [0.2, 0.25) is 0 Å². The maximum absolute atomic E-state index is 12.0. The zero-order valence-corrected chi connectivity index (χ0v) is 11.9. The molecule has 1 aromatic carbocycles. The van der Waals surface area contributed by atoms with Crippen LogP contribution in [0.25, 0.3) is 0 Å². The molecule has 112 valence electrons. The Morgan fingerprint density at radius 3 is 2.10 bits per heavy atom. The second-order valence-electron chi connectivity index (χ2n) is 4.35. The summed E-state index contributed by atoms with van der Waals surface area (Å²) in [6.45, 7) is 1.66. The molecule has 0 fully saturated rings. The molecule has 1 aromatic rings. The normalized spacial score (nSPS) is 12.1. The van der Waals surface area contributed by atoms with Gasteiger partial charge in [0.15, 0.2) is 0 Å². The van der Waals surface area contributed by atoms with Gasteiger partial charge < -0.3 is 10.1 Å². The van der Waals surface area contributed by atoms with Gasteiger partial charge in [0.25, 0.3) is 5.91 Å². The van der Waals surface area contributed by atoms with Gasteiger partial charge in [0, 0.05) is 17.3 Å². The summed E-state index contributed by atoms with van der Waals surface area (Å²) >= 11 is 11.4. The molecule has 0 aliphatic rings. The van der Waals surface area contributed by atoms with Crippen LogP contribution in [0.1, 0.15) is 17.3 Å². The molecule has 1 amide bonds. The van der Waals surface area contributed by atoms with Crippen LogP contribution >= 0.6 is 23.2 Å². The van der Waals surface area contributed by atoms with Crippen molar-refractivity contribution < 1.29 is 22.7 Å². The highest BCUT2D eigenvalue weighted by atomic mass is 35.5. The average molecular weight is 330 g/mol. The SMILES string of the molecule is CC(CCl)(CCl)NC(=O)c1ccc(OC(F)(F)F)cc1. The van der Waals surface area contributed by atoms with E-state index in [0.29, 0.717) is 0 Å². The van der Waals surface area contributed by atoms with Crippen molar-refractivity contribution in [2.75, 3.05) is 11.8 Å². The fourth-order valence-corrected chi connectivity index (χ4v) is 1.68. The Morgan fingerprint density at radius 2 is 1.70 bits per heavy atom. The summed E-state index contributed by atoms with van der Waals surface area (Å²) in [5.41, 5.74) is -0.609. The molecule has 8 heteroatoms. The molecule has 1 N–H and O–H groups in total. The molecule has 0 saturated carbocycles. The first-order valence-electron chi connectivity index (χ1n) is 5.49. The molecular weight excluding hydrogens is 318 g/mol. The highest BCUT2D eigenvalue weighted by Gasteiger charge is 2.31. The molecule has 0 aliphatic heterocycles. The molecule has 0 radical (unpaired) electrons. The minimum Gasteiger partial charge on any atom is -0.406 e. The Bertz CT molecular complexity index is 459. The Labute approximate surface area is 124 Å². The number of carbonyl (C=O) groups is 1. The van der Waals surface area contributed by atoms with Crippen molar-refractivity contribution in [3.05, 3.63) is 29.8 Å². The lowest BCUT2D eigenvalue weighted by atomic mass is 10.1. The number of hydrogen-bond donors (Lipinski definition) is 1. The topological polar surface area (TPSA) is 38.3 Å². The average Bonchev–Trinajstić information content (AvgIpc) is 2.37. The molecule has 0 spiro atoms. The molecular formula is C12H12Cl2F3NO2. The van der Waals surface area contributed by atoms with Crippen LogP contribution in [0.15, 0.2) is 24.3 Å². The number of ether oxygens (including phenoxy) is 1. The monoisotopic (exact) mass is 329 g/mol. The van der Waals surface area contributed by atoms with E-state index in [0.717, 1.165) is 12.1 Å². The number of hydrogen-bond acceptors (Lipinski definition) is 2. The van der Waals surface area contributed by atoms with Crippen molar-refractivity contribution >= 4 is 29.1 Å². The summed E-state index contributed by atoms with van der Waals surface area (Å²) in [6, 6.07) is 4.56. The molecule has 0 heterocycles. The van der Waals surface area contributed by atoms with Crippen LogP contribution in [0.4, 0.5) is 13.2 Å². The van der Waals surface area contributed by atoms with Gasteiger partial charge >= 0.3 is 6.36 Å². The fourth-order valence-electron chi connectivity index (χ4n) is 1.26. The van der Waals surface area contributed by atoms with E-state index in [9.17, 15) is 18.0 Å². The van der Waals surface area contributed by atoms with Crippen molar-refractivity contribution in [3.8, 4) is 5.75 Å².